The van der Waals surface area contributed by atoms with Crippen LogP contribution in [0.3, 0.4) is 0 Å². The van der Waals surface area contributed by atoms with Gasteiger partial charge in [0.05, 0.1) is 32.6 Å². The molecule has 2 rings (SSSR count). The summed E-state index contributed by atoms with van der Waals surface area (Å²) in [6.07, 6.45) is 5.83. The van der Waals surface area contributed by atoms with Crippen LogP contribution in [0.5, 0.6) is 0 Å². The van der Waals surface area contributed by atoms with Crippen molar-refractivity contribution in [1.82, 2.24) is 0 Å². The highest BCUT2D eigenvalue weighted by Gasteiger charge is 2.34. The van der Waals surface area contributed by atoms with Crippen molar-refractivity contribution in [2.75, 3.05) is 31.6 Å². The summed E-state index contributed by atoms with van der Waals surface area (Å²) in [4.78, 5) is 0. The van der Waals surface area contributed by atoms with E-state index in [1.54, 1.807) is 0 Å². The van der Waals surface area contributed by atoms with E-state index in [-0.39, 0.29) is 0 Å². The Bertz CT molecular complexity index is 179. The largest absolute Gasteiger partial charge is 0.345 e. The molecule has 2 aliphatic rings. The summed E-state index contributed by atoms with van der Waals surface area (Å²) < 4.78 is 12.1. The van der Waals surface area contributed by atoms with Crippen LogP contribution < -0.4 is 5.32 Å². The van der Waals surface area contributed by atoms with Gasteiger partial charge in [0.2, 0.25) is 0 Å². The highest BCUT2D eigenvalue weighted by molar-refractivity contribution is 7.64. The van der Waals surface area contributed by atoms with E-state index in [1.807, 2.05) is 0 Å². The van der Waals surface area contributed by atoms with Gasteiger partial charge in [0.15, 0.2) is 0 Å². The van der Waals surface area contributed by atoms with Crippen molar-refractivity contribution in [3.8, 4) is 0 Å². The van der Waals surface area contributed by atoms with Crippen LogP contribution in [0.1, 0.15) is 12.8 Å². The Hall–Kier alpha value is 0.190. The van der Waals surface area contributed by atoms with Gasteiger partial charge in [-0.3, -0.25) is 0 Å². The first-order valence-electron chi connectivity index (χ1n) is 4.67. The smallest absolute Gasteiger partial charge is 0.0989 e. The fourth-order valence-electron chi connectivity index (χ4n) is 1.86. The van der Waals surface area contributed by atoms with E-state index in [0.29, 0.717) is 0 Å². The first-order chi connectivity index (χ1) is 5.29. The lowest BCUT2D eigenvalue weighted by atomic mass is 10.5. The van der Waals surface area contributed by atoms with Crippen LogP contribution in [0.4, 0.5) is 0 Å². The number of hydrogen-bond acceptors (Lipinski definition) is 1. The molecule has 0 atom stereocenters. The standard InChI is InChI=1S/C8H16NOP/c10-11(7-8-1-2-8)5-3-9-4-6-11/h8-9H,1-7H2/p+1. The zero-order chi connectivity index (χ0) is 7.73. The Morgan fingerprint density at radius 1 is 1.27 bits per heavy atom. The lowest BCUT2D eigenvalue weighted by Gasteiger charge is -2.20. The molecule has 0 amide bonds. The highest BCUT2D eigenvalue weighted by atomic mass is 31.2. The van der Waals surface area contributed by atoms with Gasteiger partial charge in [-0.05, 0) is 18.8 Å². The minimum atomic E-state index is -1.64. The van der Waals surface area contributed by atoms with Crippen molar-refractivity contribution in [3.63, 3.8) is 0 Å². The number of hydrogen-bond donors (Lipinski definition) is 1. The van der Waals surface area contributed by atoms with E-state index < -0.39 is 7.14 Å². The Morgan fingerprint density at radius 3 is 2.45 bits per heavy atom. The fourth-order valence-corrected chi connectivity index (χ4v) is 5.06. The summed E-state index contributed by atoms with van der Waals surface area (Å²) >= 11 is 0. The van der Waals surface area contributed by atoms with Gasteiger partial charge >= 0.3 is 0 Å². The molecule has 1 heterocycles. The molecule has 2 nitrogen and oxygen atoms in total. The van der Waals surface area contributed by atoms with Crippen molar-refractivity contribution in [2.24, 2.45) is 5.92 Å². The van der Waals surface area contributed by atoms with Crippen LogP contribution in [-0.2, 0) is 4.57 Å². The first-order valence-corrected chi connectivity index (χ1v) is 6.94. The van der Waals surface area contributed by atoms with Gasteiger partial charge < -0.3 is 9.88 Å². The zero-order valence-corrected chi connectivity index (χ0v) is 7.85. The zero-order valence-electron chi connectivity index (χ0n) is 6.96. The molecule has 0 aromatic rings. The number of nitrogens with two attached hydrogens (primary N) is 1. The third-order valence-electron chi connectivity index (χ3n) is 2.77. The van der Waals surface area contributed by atoms with Gasteiger partial charge in [-0.1, -0.05) is 0 Å². The molecule has 0 aromatic heterocycles. The second-order valence-corrected chi connectivity index (χ2v) is 7.37. The van der Waals surface area contributed by atoms with Gasteiger partial charge in [0.1, 0.15) is 0 Å². The van der Waals surface area contributed by atoms with E-state index >= 15 is 0 Å². The van der Waals surface area contributed by atoms with Crippen LogP contribution >= 0.6 is 7.14 Å². The normalized spacial score (nSPS) is 30.2. The summed E-state index contributed by atoms with van der Waals surface area (Å²) in [5.74, 6) is 0.860. The summed E-state index contributed by atoms with van der Waals surface area (Å²) in [6.45, 7) is 2.23. The van der Waals surface area contributed by atoms with Gasteiger partial charge in [-0.15, -0.1) is 0 Å². The van der Waals surface area contributed by atoms with Crippen molar-refractivity contribution < 1.29 is 9.88 Å². The third-order valence-corrected chi connectivity index (χ3v) is 6.10. The molecule has 64 valence electrons. The van der Waals surface area contributed by atoms with Crippen LogP contribution in [0.25, 0.3) is 0 Å². The van der Waals surface area contributed by atoms with Crippen LogP contribution in [0.15, 0.2) is 0 Å². The van der Waals surface area contributed by atoms with Gasteiger partial charge in [-0.2, -0.15) is 0 Å². The minimum absolute atomic E-state index is 0.860. The molecule has 0 bridgehead atoms. The van der Waals surface area contributed by atoms with Crippen molar-refractivity contribution >= 4 is 7.14 Å². The minimum Gasteiger partial charge on any atom is -0.345 e. The van der Waals surface area contributed by atoms with Crippen molar-refractivity contribution in [1.29, 1.82) is 0 Å². The lowest BCUT2D eigenvalue weighted by molar-refractivity contribution is -0.649. The number of rotatable bonds is 2. The molecule has 2 N–H and O–H groups in total. The molecule has 1 aliphatic heterocycles. The topological polar surface area (TPSA) is 33.7 Å². The summed E-state index contributed by atoms with van der Waals surface area (Å²) in [5.41, 5.74) is 0. The van der Waals surface area contributed by atoms with Gasteiger partial charge in [0, 0.05) is 6.16 Å². The Morgan fingerprint density at radius 2 is 1.91 bits per heavy atom. The molecule has 0 spiro atoms. The molecule has 1 saturated carbocycles. The second kappa shape index (κ2) is 2.91. The summed E-state index contributed by atoms with van der Waals surface area (Å²) in [6, 6.07) is 0. The molecule has 3 heteroatoms. The molecule has 0 aromatic carbocycles. The lowest BCUT2D eigenvalue weighted by Crippen LogP contribution is -2.87. The predicted molar refractivity (Wildman–Crippen MR) is 46.6 cm³/mol. The Labute approximate surface area is 68.1 Å². The second-order valence-electron chi connectivity index (χ2n) is 4.00. The first kappa shape index (κ1) is 7.82. The predicted octanol–water partition coefficient (Wildman–Crippen LogP) is 0.336. The van der Waals surface area contributed by atoms with E-state index in [4.69, 9.17) is 0 Å². The summed E-state index contributed by atoms with van der Waals surface area (Å²) in [7, 11) is -1.64. The van der Waals surface area contributed by atoms with E-state index in [1.165, 1.54) is 12.8 Å². The van der Waals surface area contributed by atoms with E-state index in [2.05, 4.69) is 5.32 Å². The highest BCUT2D eigenvalue weighted by Crippen LogP contribution is 2.51. The van der Waals surface area contributed by atoms with Crippen molar-refractivity contribution in [3.05, 3.63) is 0 Å². The average molecular weight is 174 g/mol. The van der Waals surface area contributed by atoms with Crippen LogP contribution in [0, 0.1) is 5.92 Å². The Kier molecular flexibility index (Phi) is 2.07. The average Bonchev–Trinajstić information content (AvgIpc) is 2.72. The fraction of sp³-hybridized carbons (Fsp3) is 1.00. The molecule has 0 unspecified atom stereocenters. The van der Waals surface area contributed by atoms with E-state index in [9.17, 15) is 4.57 Å². The van der Waals surface area contributed by atoms with Gasteiger partial charge in [0.25, 0.3) is 0 Å². The quantitative estimate of drug-likeness (QED) is 0.602. The maximum Gasteiger partial charge on any atom is 0.0989 e. The summed E-state index contributed by atoms with van der Waals surface area (Å²) in [5, 5.41) is 2.29. The molecular weight excluding hydrogens is 157 g/mol. The SMILES string of the molecule is O=P1(CC2CC2)CC[NH2+]CC1. The number of quaternary nitrogens is 1. The molecular formula is C8H17NOP+. The molecule has 0 radical (unpaired) electrons. The maximum atomic E-state index is 12.1. The van der Waals surface area contributed by atoms with Crippen LogP contribution in [0.2, 0.25) is 0 Å². The third kappa shape index (κ3) is 2.07. The maximum absolute atomic E-state index is 12.1. The van der Waals surface area contributed by atoms with Crippen LogP contribution in [-0.4, -0.2) is 31.6 Å². The molecule has 11 heavy (non-hydrogen) atoms. The Balaban J connectivity index is 1.89. The molecule has 1 saturated heterocycles. The molecule has 2 fully saturated rings. The van der Waals surface area contributed by atoms with Gasteiger partial charge in [-0.25, -0.2) is 0 Å². The van der Waals surface area contributed by atoms with Crippen molar-refractivity contribution in [2.45, 2.75) is 12.8 Å². The monoisotopic (exact) mass is 174 g/mol. The molecule has 1 aliphatic carbocycles. The van der Waals surface area contributed by atoms with E-state index in [0.717, 1.165) is 37.5 Å².